The van der Waals surface area contributed by atoms with Gasteiger partial charge in [-0.05, 0) is 35.9 Å². The second-order valence-corrected chi connectivity index (χ2v) is 6.39. The molecule has 0 bridgehead atoms. The van der Waals surface area contributed by atoms with Gasteiger partial charge in [0.15, 0.2) is 0 Å². The Hall–Kier alpha value is -2.54. The molecule has 4 rings (SSSR count). The van der Waals surface area contributed by atoms with Crippen molar-refractivity contribution in [1.29, 1.82) is 0 Å². The van der Waals surface area contributed by atoms with Gasteiger partial charge in [-0.1, -0.05) is 23.7 Å². The molecule has 2 atom stereocenters. The Morgan fingerprint density at radius 2 is 2.00 bits per heavy atom. The number of halogens is 1. The number of nitrogens with one attached hydrogen (secondary N) is 3. The van der Waals surface area contributed by atoms with Crippen LogP contribution in [0.2, 0.25) is 5.02 Å². The van der Waals surface area contributed by atoms with Crippen molar-refractivity contribution in [3.8, 4) is 11.4 Å². The van der Waals surface area contributed by atoms with E-state index in [0.717, 1.165) is 17.8 Å². The first-order chi connectivity index (χ1) is 12.2. The van der Waals surface area contributed by atoms with Crippen molar-refractivity contribution >= 4 is 17.3 Å². The van der Waals surface area contributed by atoms with Crippen LogP contribution in [0.5, 0.6) is 5.75 Å². The van der Waals surface area contributed by atoms with Gasteiger partial charge >= 0.3 is 0 Å². The lowest BCUT2D eigenvalue weighted by Gasteiger charge is -2.15. The Balaban J connectivity index is 1.42. The molecule has 6 nitrogen and oxygen atoms in total. The predicted molar refractivity (Wildman–Crippen MR) is 97.7 cm³/mol. The van der Waals surface area contributed by atoms with E-state index in [1.54, 1.807) is 18.3 Å². The highest BCUT2D eigenvalue weighted by Crippen LogP contribution is 2.29. The first kappa shape index (κ1) is 16.0. The van der Waals surface area contributed by atoms with Crippen LogP contribution in [-0.2, 0) is 0 Å². The minimum absolute atomic E-state index is 0.0397. The highest BCUT2D eigenvalue weighted by molar-refractivity contribution is 6.33. The summed E-state index contributed by atoms with van der Waals surface area (Å²) in [6.07, 6.45) is 4.59. The van der Waals surface area contributed by atoms with E-state index in [-0.39, 0.29) is 18.0 Å². The molecule has 2 unspecified atom stereocenters. The molecule has 4 N–H and O–H groups in total. The Kier molecular flexibility index (Phi) is 4.31. The molecular formula is C18H18ClN5O. The minimum Gasteiger partial charge on any atom is -0.508 e. The summed E-state index contributed by atoms with van der Waals surface area (Å²) in [5.41, 5.74) is 9.56. The van der Waals surface area contributed by atoms with Crippen LogP contribution in [-0.4, -0.2) is 21.1 Å². The molecule has 1 aliphatic heterocycles. The van der Waals surface area contributed by atoms with Crippen LogP contribution in [0.25, 0.3) is 5.69 Å². The van der Waals surface area contributed by atoms with Gasteiger partial charge in [0.05, 0.1) is 22.6 Å². The monoisotopic (exact) mass is 355 g/mol. The van der Waals surface area contributed by atoms with Crippen molar-refractivity contribution in [2.75, 3.05) is 5.32 Å². The molecule has 25 heavy (non-hydrogen) atoms. The largest absolute Gasteiger partial charge is 0.508 e. The van der Waals surface area contributed by atoms with Crippen LogP contribution >= 0.6 is 11.6 Å². The normalized spacial score (nSPS) is 19.9. The summed E-state index contributed by atoms with van der Waals surface area (Å²) in [5, 5.41) is 17.5. The lowest BCUT2D eigenvalue weighted by molar-refractivity contribution is 0.475. The third-order valence-corrected chi connectivity index (χ3v) is 4.56. The molecule has 0 amide bonds. The van der Waals surface area contributed by atoms with Crippen LogP contribution in [0, 0.1) is 0 Å². The van der Waals surface area contributed by atoms with Gasteiger partial charge in [0.2, 0.25) is 0 Å². The molecule has 1 aromatic heterocycles. The van der Waals surface area contributed by atoms with Gasteiger partial charge in [0.1, 0.15) is 5.75 Å². The Morgan fingerprint density at radius 1 is 1.16 bits per heavy atom. The fraction of sp³-hybridized carbons (Fsp3) is 0.167. The van der Waals surface area contributed by atoms with Crippen LogP contribution < -0.4 is 16.2 Å². The number of aromatic nitrogens is 2. The summed E-state index contributed by atoms with van der Waals surface area (Å²) < 4.78 is 1.83. The van der Waals surface area contributed by atoms with Gasteiger partial charge in [0.25, 0.3) is 0 Å². The number of benzene rings is 2. The van der Waals surface area contributed by atoms with E-state index in [9.17, 15) is 5.11 Å². The van der Waals surface area contributed by atoms with E-state index in [1.165, 1.54) is 11.6 Å². The first-order valence-electron chi connectivity index (χ1n) is 8.05. The number of nitrogens with zero attached hydrogens (tertiary/aromatic N) is 2. The maximum absolute atomic E-state index is 9.43. The zero-order chi connectivity index (χ0) is 17.2. The minimum atomic E-state index is 0.0397. The highest BCUT2D eigenvalue weighted by Gasteiger charge is 2.25. The van der Waals surface area contributed by atoms with Gasteiger partial charge in [0, 0.05) is 30.9 Å². The number of rotatable bonds is 4. The molecule has 3 aromatic rings. The zero-order valence-corrected chi connectivity index (χ0v) is 14.1. The third kappa shape index (κ3) is 3.46. The van der Waals surface area contributed by atoms with E-state index < -0.39 is 0 Å². The second-order valence-electron chi connectivity index (χ2n) is 5.98. The fourth-order valence-corrected chi connectivity index (χ4v) is 3.19. The van der Waals surface area contributed by atoms with E-state index in [4.69, 9.17) is 11.6 Å². The molecule has 7 heteroatoms. The standard InChI is InChI=1S/C18H18ClN5O/c19-15-10-14(25)6-7-16(15)21-18-11-17(22-23-18)12-2-4-13(5-3-12)24-9-1-8-20-24/h1-10,17-18,21-23,25H,11H2. The number of aromatic hydroxyl groups is 1. The van der Waals surface area contributed by atoms with Gasteiger partial charge < -0.3 is 10.4 Å². The Morgan fingerprint density at radius 3 is 2.72 bits per heavy atom. The summed E-state index contributed by atoms with van der Waals surface area (Å²) in [7, 11) is 0. The lowest BCUT2D eigenvalue weighted by Crippen LogP contribution is -2.35. The first-order valence-corrected chi connectivity index (χ1v) is 8.43. The van der Waals surface area contributed by atoms with Crippen LogP contribution in [0.4, 0.5) is 5.69 Å². The fourth-order valence-electron chi connectivity index (χ4n) is 2.96. The smallest absolute Gasteiger partial charge is 0.117 e. The lowest BCUT2D eigenvalue weighted by atomic mass is 10.0. The summed E-state index contributed by atoms with van der Waals surface area (Å²) in [4.78, 5) is 0. The molecule has 0 radical (unpaired) electrons. The topological polar surface area (TPSA) is 74.1 Å². The van der Waals surface area contributed by atoms with Crippen molar-refractivity contribution in [1.82, 2.24) is 20.6 Å². The van der Waals surface area contributed by atoms with Gasteiger partial charge in [-0.15, -0.1) is 0 Å². The predicted octanol–water partition coefficient (Wildman–Crippen LogP) is 3.21. The zero-order valence-electron chi connectivity index (χ0n) is 13.4. The van der Waals surface area contributed by atoms with Crippen molar-refractivity contribution in [2.45, 2.75) is 18.6 Å². The van der Waals surface area contributed by atoms with Gasteiger partial charge in [-0.2, -0.15) is 5.10 Å². The molecule has 2 aromatic carbocycles. The second kappa shape index (κ2) is 6.76. The molecule has 0 aliphatic carbocycles. The highest BCUT2D eigenvalue weighted by atomic mass is 35.5. The molecule has 0 spiro atoms. The summed E-state index contributed by atoms with van der Waals surface area (Å²) in [5.74, 6) is 0.156. The van der Waals surface area contributed by atoms with Crippen molar-refractivity contribution in [3.05, 3.63) is 71.5 Å². The Bertz CT molecular complexity index is 850. The maximum Gasteiger partial charge on any atom is 0.117 e. The molecule has 2 heterocycles. The average molecular weight is 356 g/mol. The van der Waals surface area contributed by atoms with E-state index >= 15 is 0 Å². The Labute approximate surface area is 150 Å². The summed E-state index contributed by atoms with van der Waals surface area (Å²) in [6, 6.07) is 15.3. The number of phenolic OH excluding ortho intramolecular Hbond substituents is 1. The maximum atomic E-state index is 9.43. The van der Waals surface area contributed by atoms with Crippen molar-refractivity contribution < 1.29 is 5.11 Å². The van der Waals surface area contributed by atoms with Gasteiger partial charge in [-0.25, -0.2) is 15.5 Å². The average Bonchev–Trinajstić information content (AvgIpc) is 3.30. The number of phenols is 1. The van der Waals surface area contributed by atoms with Crippen LogP contribution in [0.1, 0.15) is 18.0 Å². The molecule has 1 saturated heterocycles. The van der Waals surface area contributed by atoms with Crippen LogP contribution in [0.3, 0.4) is 0 Å². The van der Waals surface area contributed by atoms with Crippen molar-refractivity contribution in [3.63, 3.8) is 0 Å². The third-order valence-electron chi connectivity index (χ3n) is 4.25. The van der Waals surface area contributed by atoms with Crippen LogP contribution in [0.15, 0.2) is 60.9 Å². The number of anilines is 1. The number of hydrazine groups is 1. The molecule has 128 valence electrons. The summed E-state index contributed by atoms with van der Waals surface area (Å²) in [6.45, 7) is 0. The number of hydrogen-bond donors (Lipinski definition) is 4. The van der Waals surface area contributed by atoms with Crippen molar-refractivity contribution in [2.24, 2.45) is 0 Å². The molecule has 1 aliphatic rings. The molecule has 1 fully saturated rings. The van der Waals surface area contributed by atoms with E-state index in [0.29, 0.717) is 5.02 Å². The van der Waals surface area contributed by atoms with Gasteiger partial charge in [-0.3, -0.25) is 0 Å². The van der Waals surface area contributed by atoms with E-state index in [2.05, 4.69) is 45.5 Å². The summed E-state index contributed by atoms with van der Waals surface area (Å²) >= 11 is 6.15. The quantitative estimate of drug-likeness (QED) is 0.541. The van der Waals surface area contributed by atoms with E-state index in [1.807, 2.05) is 16.9 Å². The number of hydrogen-bond acceptors (Lipinski definition) is 5. The SMILES string of the molecule is Oc1ccc(NC2CC(c3ccc(-n4cccn4)cc3)NN2)c(Cl)c1. The molecular weight excluding hydrogens is 338 g/mol. The molecule has 0 saturated carbocycles.